The first-order valence-corrected chi connectivity index (χ1v) is 3.76. The lowest BCUT2D eigenvalue weighted by molar-refractivity contribution is -0.131. The molecule has 1 rings (SSSR count). The molecule has 2 heteroatoms. The fraction of sp³-hybridized carbons (Fsp3) is 0.667. The third-order valence-electron chi connectivity index (χ3n) is 3.11. The maximum absolute atomic E-state index is 10.3. The van der Waals surface area contributed by atoms with Crippen LogP contribution in [0.25, 0.3) is 0 Å². The number of carboxylic acid groups (broad SMARTS) is 1. The van der Waals surface area contributed by atoms with Crippen molar-refractivity contribution in [3.63, 3.8) is 0 Å². The first kappa shape index (κ1) is 8.31. The van der Waals surface area contributed by atoms with Gasteiger partial charge in [-0.1, -0.05) is 33.3 Å². The molecule has 0 atom stereocenters. The Bertz CT molecular complexity index is 218. The number of carbonyl (C=O) groups is 1. The Kier molecular flexibility index (Phi) is 1.41. The predicted molar refractivity (Wildman–Crippen MR) is 43.3 cm³/mol. The Morgan fingerprint density at radius 1 is 1.27 bits per heavy atom. The minimum absolute atomic E-state index is 0.0748. The molecule has 0 unspecified atom stereocenters. The molecule has 0 radical (unpaired) electrons. The lowest BCUT2D eigenvalue weighted by atomic mass is 10.0. The monoisotopic (exact) mass is 154 g/mol. The van der Waals surface area contributed by atoms with Gasteiger partial charge < -0.3 is 5.11 Å². The number of aliphatic carboxylic acids is 1. The van der Waals surface area contributed by atoms with Gasteiger partial charge in [0, 0.05) is 6.08 Å². The maximum atomic E-state index is 10.3. The highest BCUT2D eigenvalue weighted by atomic mass is 16.4. The third-order valence-corrected chi connectivity index (χ3v) is 3.11. The van der Waals surface area contributed by atoms with E-state index in [4.69, 9.17) is 5.11 Å². The summed E-state index contributed by atoms with van der Waals surface area (Å²) in [5, 5.41) is 8.51. The Hall–Kier alpha value is -0.790. The number of carboxylic acids is 1. The molecule has 0 aromatic carbocycles. The fourth-order valence-electron chi connectivity index (χ4n) is 1.56. The van der Waals surface area contributed by atoms with E-state index < -0.39 is 5.97 Å². The highest BCUT2D eigenvalue weighted by molar-refractivity contribution is 5.82. The summed E-state index contributed by atoms with van der Waals surface area (Å²) in [6.07, 6.45) is 1.33. The normalized spacial score (nSPS) is 24.5. The average Bonchev–Trinajstić information content (AvgIpc) is 2.11. The van der Waals surface area contributed by atoms with Crippen molar-refractivity contribution in [2.45, 2.75) is 27.7 Å². The lowest BCUT2D eigenvalue weighted by Gasteiger charge is -2.02. The molecule has 0 aliphatic heterocycles. The van der Waals surface area contributed by atoms with Gasteiger partial charge >= 0.3 is 5.97 Å². The van der Waals surface area contributed by atoms with Gasteiger partial charge in [0.1, 0.15) is 0 Å². The van der Waals surface area contributed by atoms with Crippen molar-refractivity contribution in [3.8, 4) is 0 Å². The van der Waals surface area contributed by atoms with Crippen LogP contribution in [0.2, 0.25) is 0 Å². The molecule has 1 saturated carbocycles. The molecule has 1 fully saturated rings. The van der Waals surface area contributed by atoms with E-state index in [0.29, 0.717) is 0 Å². The summed E-state index contributed by atoms with van der Waals surface area (Å²) < 4.78 is 0. The number of hydrogen-bond acceptors (Lipinski definition) is 1. The number of rotatable bonds is 1. The maximum Gasteiger partial charge on any atom is 0.328 e. The molecule has 0 aromatic rings. The van der Waals surface area contributed by atoms with E-state index in [0.717, 1.165) is 5.57 Å². The Balaban J connectivity index is 2.91. The van der Waals surface area contributed by atoms with Crippen LogP contribution in [0.3, 0.4) is 0 Å². The van der Waals surface area contributed by atoms with E-state index >= 15 is 0 Å². The van der Waals surface area contributed by atoms with E-state index in [-0.39, 0.29) is 10.8 Å². The molecule has 1 aliphatic carbocycles. The van der Waals surface area contributed by atoms with Crippen molar-refractivity contribution >= 4 is 5.97 Å². The second-order valence-electron chi connectivity index (χ2n) is 4.15. The minimum atomic E-state index is -0.835. The first-order chi connectivity index (χ1) is 4.80. The summed E-state index contributed by atoms with van der Waals surface area (Å²) in [6.45, 7) is 8.28. The summed E-state index contributed by atoms with van der Waals surface area (Å²) in [4.78, 5) is 10.3. The summed E-state index contributed by atoms with van der Waals surface area (Å²) in [6, 6.07) is 0. The summed E-state index contributed by atoms with van der Waals surface area (Å²) in [7, 11) is 0. The summed E-state index contributed by atoms with van der Waals surface area (Å²) >= 11 is 0. The predicted octanol–water partition coefficient (Wildman–Crippen LogP) is 2.06. The van der Waals surface area contributed by atoms with E-state index in [1.54, 1.807) is 0 Å². The van der Waals surface area contributed by atoms with Crippen LogP contribution in [0.1, 0.15) is 27.7 Å². The molecule has 62 valence electrons. The molecule has 0 saturated heterocycles. The van der Waals surface area contributed by atoms with Crippen molar-refractivity contribution in [1.82, 2.24) is 0 Å². The molecule has 2 nitrogen and oxygen atoms in total. The van der Waals surface area contributed by atoms with Crippen LogP contribution in [0.4, 0.5) is 0 Å². The molecule has 0 amide bonds. The van der Waals surface area contributed by atoms with Crippen molar-refractivity contribution in [1.29, 1.82) is 0 Å². The van der Waals surface area contributed by atoms with Gasteiger partial charge in [-0.3, -0.25) is 0 Å². The van der Waals surface area contributed by atoms with Crippen LogP contribution in [0, 0.1) is 10.8 Å². The van der Waals surface area contributed by atoms with Crippen molar-refractivity contribution < 1.29 is 9.90 Å². The van der Waals surface area contributed by atoms with Crippen molar-refractivity contribution in [3.05, 3.63) is 11.6 Å². The Labute approximate surface area is 66.9 Å². The van der Waals surface area contributed by atoms with Gasteiger partial charge in [-0.15, -0.1) is 0 Å². The lowest BCUT2D eigenvalue weighted by Crippen LogP contribution is -1.95. The van der Waals surface area contributed by atoms with Gasteiger partial charge in [0.05, 0.1) is 0 Å². The molecule has 1 aliphatic rings. The highest BCUT2D eigenvalue weighted by Gasteiger charge is 2.59. The van der Waals surface area contributed by atoms with Crippen LogP contribution in [0.15, 0.2) is 11.6 Å². The minimum Gasteiger partial charge on any atom is -0.478 e. The third kappa shape index (κ3) is 0.971. The zero-order valence-corrected chi connectivity index (χ0v) is 7.43. The van der Waals surface area contributed by atoms with Gasteiger partial charge in [-0.25, -0.2) is 4.79 Å². The standard InChI is InChI=1S/C9H14O2/c1-8(2)6(5-7(10)11)9(8,3)4/h5H,1-4H3,(H,10,11). The van der Waals surface area contributed by atoms with Crippen LogP contribution in [-0.2, 0) is 4.79 Å². The SMILES string of the molecule is CC1(C)C(=CC(=O)O)C1(C)C. The number of allylic oxidation sites excluding steroid dienone is 1. The molecule has 0 bridgehead atoms. The molecule has 11 heavy (non-hydrogen) atoms. The topological polar surface area (TPSA) is 37.3 Å². The first-order valence-electron chi connectivity index (χ1n) is 3.76. The molecule has 0 heterocycles. The Morgan fingerprint density at radius 3 is 1.73 bits per heavy atom. The van der Waals surface area contributed by atoms with Crippen LogP contribution >= 0.6 is 0 Å². The zero-order valence-electron chi connectivity index (χ0n) is 7.43. The van der Waals surface area contributed by atoms with Crippen molar-refractivity contribution in [2.24, 2.45) is 10.8 Å². The quantitative estimate of drug-likeness (QED) is 0.587. The molecular formula is C9H14O2. The van der Waals surface area contributed by atoms with E-state index in [2.05, 4.69) is 27.7 Å². The molecule has 0 aromatic heterocycles. The second-order valence-corrected chi connectivity index (χ2v) is 4.15. The fourth-order valence-corrected chi connectivity index (χ4v) is 1.56. The van der Waals surface area contributed by atoms with E-state index in [1.807, 2.05) is 0 Å². The number of hydrogen-bond donors (Lipinski definition) is 1. The van der Waals surface area contributed by atoms with E-state index in [1.165, 1.54) is 6.08 Å². The smallest absolute Gasteiger partial charge is 0.328 e. The zero-order chi connectivity index (χ0) is 8.86. The molecular weight excluding hydrogens is 140 g/mol. The van der Waals surface area contributed by atoms with Gasteiger partial charge in [-0.2, -0.15) is 0 Å². The summed E-state index contributed by atoms with van der Waals surface area (Å²) in [5.74, 6) is -0.835. The summed E-state index contributed by atoms with van der Waals surface area (Å²) in [5.41, 5.74) is 1.19. The second kappa shape index (κ2) is 1.87. The van der Waals surface area contributed by atoms with Crippen LogP contribution in [0.5, 0.6) is 0 Å². The van der Waals surface area contributed by atoms with Gasteiger partial charge in [-0.05, 0) is 10.8 Å². The van der Waals surface area contributed by atoms with Gasteiger partial charge in [0.2, 0.25) is 0 Å². The molecule has 1 N–H and O–H groups in total. The highest BCUT2D eigenvalue weighted by Crippen LogP contribution is 2.67. The molecule has 0 spiro atoms. The van der Waals surface area contributed by atoms with Gasteiger partial charge in [0.15, 0.2) is 0 Å². The Morgan fingerprint density at radius 2 is 1.64 bits per heavy atom. The average molecular weight is 154 g/mol. The van der Waals surface area contributed by atoms with Crippen molar-refractivity contribution in [2.75, 3.05) is 0 Å². The van der Waals surface area contributed by atoms with Gasteiger partial charge in [0.25, 0.3) is 0 Å². The van der Waals surface area contributed by atoms with Crippen LogP contribution < -0.4 is 0 Å². The largest absolute Gasteiger partial charge is 0.478 e. The van der Waals surface area contributed by atoms with E-state index in [9.17, 15) is 4.79 Å². The van der Waals surface area contributed by atoms with Crippen LogP contribution in [-0.4, -0.2) is 11.1 Å².